The first-order valence-corrected chi connectivity index (χ1v) is 9.22. The van der Waals surface area contributed by atoms with Gasteiger partial charge in [0.2, 0.25) is 0 Å². The molecule has 1 aliphatic heterocycles. The number of carbonyl (C=O) groups is 2. The molecule has 140 valence electrons. The van der Waals surface area contributed by atoms with E-state index in [-0.39, 0.29) is 6.03 Å². The van der Waals surface area contributed by atoms with Crippen molar-refractivity contribution in [3.8, 4) is 10.6 Å². The molecular formula is C19H20N4O3S. The Hall–Kier alpha value is -3.13. The molecule has 8 heteroatoms. The Morgan fingerprint density at radius 3 is 2.67 bits per heavy atom. The fraction of sp³-hybridized carbons (Fsp3) is 0.211. The molecular weight excluding hydrogens is 364 g/mol. The number of primary amides is 1. The summed E-state index contributed by atoms with van der Waals surface area (Å²) in [5, 5.41) is 15.5. The summed E-state index contributed by atoms with van der Waals surface area (Å²) in [6.45, 7) is 3.12. The van der Waals surface area contributed by atoms with Gasteiger partial charge in [0, 0.05) is 17.6 Å². The number of hydrogen-bond donors (Lipinski definition) is 3. The number of thiophene rings is 1. The lowest BCUT2D eigenvalue weighted by Gasteiger charge is -2.24. The van der Waals surface area contributed by atoms with E-state index in [1.807, 2.05) is 12.1 Å². The first-order valence-electron chi connectivity index (χ1n) is 8.40. The van der Waals surface area contributed by atoms with Gasteiger partial charge in [0.05, 0.1) is 22.7 Å². The van der Waals surface area contributed by atoms with Crippen LogP contribution in [0.25, 0.3) is 10.6 Å². The second-order valence-electron chi connectivity index (χ2n) is 6.16. The van der Waals surface area contributed by atoms with E-state index >= 15 is 0 Å². The van der Waals surface area contributed by atoms with Gasteiger partial charge in [0.1, 0.15) is 0 Å². The molecule has 0 saturated carbocycles. The van der Waals surface area contributed by atoms with Crippen LogP contribution >= 0.6 is 11.3 Å². The lowest BCUT2D eigenvalue weighted by atomic mass is 10.1. The number of rotatable bonds is 2. The summed E-state index contributed by atoms with van der Waals surface area (Å²) >= 11 is 1.69. The van der Waals surface area contributed by atoms with Gasteiger partial charge in [0.25, 0.3) is 0 Å². The minimum Gasteiger partial charge on any atom is -0.478 e. The van der Waals surface area contributed by atoms with Crippen LogP contribution in [0, 0.1) is 6.92 Å². The van der Waals surface area contributed by atoms with E-state index in [1.54, 1.807) is 47.6 Å². The summed E-state index contributed by atoms with van der Waals surface area (Å²) < 4.78 is 0. The molecule has 1 aliphatic rings. The number of nitrogens with two attached hydrogens (primary N) is 1. The zero-order valence-corrected chi connectivity index (χ0v) is 15.6. The van der Waals surface area contributed by atoms with Crippen LogP contribution in [0.5, 0.6) is 0 Å². The number of hydrogen-bond acceptors (Lipinski definition) is 4. The molecule has 3 heterocycles. The van der Waals surface area contributed by atoms with Crippen molar-refractivity contribution < 1.29 is 14.7 Å². The Morgan fingerprint density at radius 1 is 1.30 bits per heavy atom. The van der Waals surface area contributed by atoms with E-state index in [0.29, 0.717) is 18.7 Å². The molecule has 0 unspecified atom stereocenters. The molecule has 2 aromatic heterocycles. The quantitative estimate of drug-likeness (QED) is 0.629. The highest BCUT2D eigenvalue weighted by atomic mass is 32.1. The van der Waals surface area contributed by atoms with Crippen LogP contribution in [0.2, 0.25) is 0 Å². The number of amides is 2. The largest absolute Gasteiger partial charge is 0.478 e. The van der Waals surface area contributed by atoms with Gasteiger partial charge in [-0.25, -0.2) is 9.59 Å². The van der Waals surface area contributed by atoms with Crippen LogP contribution in [-0.4, -0.2) is 38.7 Å². The average molecular weight is 384 g/mol. The third kappa shape index (κ3) is 4.35. The number of aromatic carboxylic acids is 1. The van der Waals surface area contributed by atoms with Crippen molar-refractivity contribution in [1.29, 1.82) is 0 Å². The second kappa shape index (κ2) is 8.05. The number of benzene rings is 1. The highest BCUT2D eigenvalue weighted by Gasteiger charge is 2.21. The molecule has 0 atom stereocenters. The zero-order chi connectivity index (χ0) is 19.4. The number of urea groups is 1. The molecule has 0 fully saturated rings. The summed E-state index contributed by atoms with van der Waals surface area (Å²) in [4.78, 5) is 25.6. The fourth-order valence-electron chi connectivity index (χ4n) is 2.85. The van der Waals surface area contributed by atoms with Crippen molar-refractivity contribution >= 4 is 23.3 Å². The third-order valence-corrected chi connectivity index (χ3v) is 5.53. The lowest BCUT2D eigenvalue weighted by Crippen LogP contribution is -2.38. The number of carboxylic acid groups (broad SMARTS) is 1. The Morgan fingerprint density at radius 2 is 2.07 bits per heavy atom. The molecule has 0 saturated heterocycles. The highest BCUT2D eigenvalue weighted by Crippen LogP contribution is 2.33. The Bertz CT molecular complexity index is 950. The fourth-order valence-corrected chi connectivity index (χ4v) is 4.05. The van der Waals surface area contributed by atoms with Crippen molar-refractivity contribution in [2.75, 3.05) is 6.54 Å². The van der Waals surface area contributed by atoms with Gasteiger partial charge in [0.15, 0.2) is 0 Å². The molecule has 4 rings (SSSR count). The predicted octanol–water partition coefficient (Wildman–Crippen LogP) is 3.27. The van der Waals surface area contributed by atoms with Gasteiger partial charge >= 0.3 is 12.0 Å². The summed E-state index contributed by atoms with van der Waals surface area (Å²) in [5.41, 5.74) is 8.82. The van der Waals surface area contributed by atoms with Crippen LogP contribution in [0.15, 0.2) is 42.6 Å². The summed E-state index contributed by atoms with van der Waals surface area (Å²) in [6, 6.07) is 10.7. The Kier molecular flexibility index (Phi) is 5.56. The first-order chi connectivity index (χ1) is 13.0. The van der Waals surface area contributed by atoms with E-state index in [4.69, 9.17) is 10.8 Å². The first kappa shape index (κ1) is 18.7. The zero-order valence-electron chi connectivity index (χ0n) is 14.8. The van der Waals surface area contributed by atoms with Crippen molar-refractivity contribution in [1.82, 2.24) is 15.1 Å². The molecule has 2 amide bonds. The number of nitrogens with zero attached hydrogens (tertiary/aromatic N) is 2. The Balaban J connectivity index is 0.000000180. The maximum atomic E-state index is 11.1. The normalized spacial score (nSPS) is 12.7. The minimum absolute atomic E-state index is 0.341. The molecule has 4 N–H and O–H groups in total. The van der Waals surface area contributed by atoms with Gasteiger partial charge in [-0.3, -0.25) is 5.10 Å². The maximum Gasteiger partial charge on any atom is 0.335 e. The van der Waals surface area contributed by atoms with E-state index in [1.165, 1.54) is 15.3 Å². The number of aromatic nitrogens is 2. The van der Waals surface area contributed by atoms with Crippen molar-refractivity contribution in [3.63, 3.8) is 0 Å². The van der Waals surface area contributed by atoms with Gasteiger partial charge in [-0.05, 0) is 42.7 Å². The van der Waals surface area contributed by atoms with Gasteiger partial charge < -0.3 is 15.7 Å². The van der Waals surface area contributed by atoms with Gasteiger partial charge in [-0.15, -0.1) is 11.3 Å². The van der Waals surface area contributed by atoms with E-state index < -0.39 is 5.97 Å². The molecule has 7 nitrogen and oxygen atoms in total. The van der Waals surface area contributed by atoms with Gasteiger partial charge in [-0.1, -0.05) is 18.2 Å². The molecule has 0 radical (unpaired) electrons. The molecule has 3 aromatic rings. The van der Waals surface area contributed by atoms with Crippen LogP contribution in [0.1, 0.15) is 26.4 Å². The van der Waals surface area contributed by atoms with Crippen molar-refractivity contribution in [2.24, 2.45) is 5.73 Å². The summed E-state index contributed by atoms with van der Waals surface area (Å²) in [5.74, 6) is -0.863. The SMILES string of the molecule is Cc1ccccc1C(=O)O.NC(=O)N1CCc2cc(-c3ccn[nH]3)sc2C1. The maximum absolute atomic E-state index is 11.1. The number of aryl methyl sites for hydroxylation is 1. The number of aromatic amines is 1. The number of H-pyrrole nitrogens is 1. The molecule has 1 aromatic carbocycles. The van der Waals surface area contributed by atoms with Crippen molar-refractivity contribution in [3.05, 3.63) is 64.2 Å². The van der Waals surface area contributed by atoms with E-state index in [0.717, 1.165) is 17.7 Å². The third-order valence-electron chi connectivity index (χ3n) is 4.34. The second-order valence-corrected chi connectivity index (χ2v) is 7.30. The number of fused-ring (bicyclic) bond motifs is 1. The summed E-state index contributed by atoms with van der Waals surface area (Å²) in [6.07, 6.45) is 2.62. The Labute approximate surface area is 160 Å². The topological polar surface area (TPSA) is 112 Å². The van der Waals surface area contributed by atoms with Crippen LogP contribution in [-0.2, 0) is 13.0 Å². The standard InChI is InChI=1S/C11H12N4OS.C8H8O2/c12-11(16)15-4-2-7-5-9(17-10(7)6-15)8-1-3-13-14-8;1-6-4-2-3-5-7(6)8(9)10/h1,3,5H,2,4,6H2,(H2,12,16)(H,13,14);2-5H,1H3,(H,9,10). The molecule has 0 spiro atoms. The average Bonchev–Trinajstić information content (AvgIpc) is 3.31. The van der Waals surface area contributed by atoms with Crippen molar-refractivity contribution in [2.45, 2.75) is 19.9 Å². The number of nitrogens with one attached hydrogen (secondary N) is 1. The molecule has 27 heavy (non-hydrogen) atoms. The van der Waals surface area contributed by atoms with E-state index in [2.05, 4.69) is 16.3 Å². The number of carbonyl (C=O) groups excluding carboxylic acids is 1. The smallest absolute Gasteiger partial charge is 0.335 e. The van der Waals surface area contributed by atoms with Crippen LogP contribution < -0.4 is 5.73 Å². The minimum atomic E-state index is -0.863. The highest BCUT2D eigenvalue weighted by molar-refractivity contribution is 7.15. The predicted molar refractivity (Wildman–Crippen MR) is 104 cm³/mol. The monoisotopic (exact) mass is 384 g/mol. The lowest BCUT2D eigenvalue weighted by molar-refractivity contribution is 0.0696. The molecule has 0 aliphatic carbocycles. The van der Waals surface area contributed by atoms with Crippen LogP contribution in [0.3, 0.4) is 0 Å². The summed E-state index contributed by atoms with van der Waals surface area (Å²) in [7, 11) is 0. The number of carboxylic acids is 1. The van der Waals surface area contributed by atoms with E-state index in [9.17, 15) is 9.59 Å². The van der Waals surface area contributed by atoms with Crippen LogP contribution in [0.4, 0.5) is 4.79 Å². The molecule has 0 bridgehead atoms. The van der Waals surface area contributed by atoms with Gasteiger partial charge in [-0.2, -0.15) is 5.10 Å².